The fourth-order valence-electron chi connectivity index (χ4n) is 3.78. The number of fused-ring (bicyclic) bond motifs is 1. The maximum Gasteiger partial charge on any atom is 0.187 e. The molecule has 2 aliphatic rings. The molecule has 24 heavy (non-hydrogen) atoms. The van der Waals surface area contributed by atoms with Crippen molar-refractivity contribution in [2.75, 3.05) is 18.0 Å². The molecule has 128 valence electrons. The third-order valence-corrected chi connectivity index (χ3v) is 6.43. The summed E-state index contributed by atoms with van der Waals surface area (Å²) in [5.41, 5.74) is 1.83. The third kappa shape index (κ3) is 2.92. The van der Waals surface area contributed by atoms with Crippen LogP contribution in [-0.2, 0) is 19.3 Å². The summed E-state index contributed by atoms with van der Waals surface area (Å²) < 4.78 is 14.6. The molecule has 0 spiro atoms. The SMILES string of the molecule is CCc1ncnc(N2CCCC(c3nc4c(s3)CCCC4)C2)c1F. The Kier molecular flexibility index (Phi) is 4.48. The lowest BCUT2D eigenvalue weighted by atomic mass is 9.98. The van der Waals surface area contributed by atoms with E-state index in [-0.39, 0.29) is 5.82 Å². The van der Waals surface area contributed by atoms with Crippen molar-refractivity contribution in [3.05, 3.63) is 33.4 Å². The topological polar surface area (TPSA) is 41.9 Å². The van der Waals surface area contributed by atoms with Gasteiger partial charge in [-0.1, -0.05) is 6.92 Å². The van der Waals surface area contributed by atoms with Gasteiger partial charge in [-0.15, -0.1) is 11.3 Å². The highest BCUT2D eigenvalue weighted by Crippen LogP contribution is 2.36. The smallest absolute Gasteiger partial charge is 0.187 e. The van der Waals surface area contributed by atoms with Gasteiger partial charge < -0.3 is 4.90 Å². The lowest BCUT2D eigenvalue weighted by molar-refractivity contribution is 0.491. The van der Waals surface area contributed by atoms with Crippen molar-refractivity contribution in [1.29, 1.82) is 0 Å². The van der Waals surface area contributed by atoms with Crippen molar-refractivity contribution in [3.8, 4) is 0 Å². The van der Waals surface area contributed by atoms with E-state index in [4.69, 9.17) is 4.98 Å². The maximum absolute atomic E-state index is 14.6. The lowest BCUT2D eigenvalue weighted by Gasteiger charge is -2.33. The molecule has 1 unspecified atom stereocenters. The number of halogens is 1. The average molecular weight is 346 g/mol. The Balaban J connectivity index is 1.57. The third-order valence-electron chi connectivity index (χ3n) is 5.11. The molecule has 1 saturated heterocycles. The normalized spacial score (nSPS) is 20.9. The molecule has 0 N–H and O–H groups in total. The molecule has 4 rings (SSSR count). The van der Waals surface area contributed by atoms with Gasteiger partial charge >= 0.3 is 0 Å². The van der Waals surface area contributed by atoms with Crippen molar-refractivity contribution in [2.45, 2.75) is 57.8 Å². The zero-order valence-corrected chi connectivity index (χ0v) is 14.9. The maximum atomic E-state index is 14.6. The fraction of sp³-hybridized carbons (Fsp3) is 0.611. The van der Waals surface area contributed by atoms with Crippen LogP contribution >= 0.6 is 11.3 Å². The first-order valence-corrected chi connectivity index (χ1v) is 9.80. The molecule has 2 aromatic rings. The summed E-state index contributed by atoms with van der Waals surface area (Å²) in [6.45, 7) is 3.59. The number of piperidine rings is 1. The van der Waals surface area contributed by atoms with E-state index in [1.165, 1.54) is 41.2 Å². The molecule has 6 heteroatoms. The molecule has 4 nitrogen and oxygen atoms in total. The molecule has 0 aromatic carbocycles. The largest absolute Gasteiger partial charge is 0.353 e. The highest BCUT2D eigenvalue weighted by Gasteiger charge is 2.28. The van der Waals surface area contributed by atoms with Crippen molar-refractivity contribution in [3.63, 3.8) is 0 Å². The summed E-state index contributed by atoms with van der Waals surface area (Å²) in [6.07, 6.45) is 9.14. The van der Waals surface area contributed by atoms with Gasteiger partial charge in [0.15, 0.2) is 11.6 Å². The molecular formula is C18H23FN4S. The molecule has 1 aliphatic carbocycles. The van der Waals surface area contributed by atoms with Crippen LogP contribution in [0.1, 0.15) is 59.8 Å². The Labute approximate surface area is 146 Å². The molecule has 0 radical (unpaired) electrons. The summed E-state index contributed by atoms with van der Waals surface area (Å²) in [5.74, 6) is 0.612. The quantitative estimate of drug-likeness (QED) is 0.845. The highest BCUT2D eigenvalue weighted by atomic mass is 32.1. The lowest BCUT2D eigenvalue weighted by Crippen LogP contribution is -2.35. The van der Waals surface area contributed by atoms with Gasteiger partial charge in [-0.3, -0.25) is 0 Å². The summed E-state index contributed by atoms with van der Waals surface area (Å²) in [7, 11) is 0. The van der Waals surface area contributed by atoms with Crippen molar-refractivity contribution >= 4 is 17.2 Å². The van der Waals surface area contributed by atoms with Crippen molar-refractivity contribution < 1.29 is 4.39 Å². The minimum Gasteiger partial charge on any atom is -0.353 e. The predicted molar refractivity (Wildman–Crippen MR) is 94.3 cm³/mol. The first-order chi connectivity index (χ1) is 11.8. The molecule has 3 heterocycles. The van der Waals surface area contributed by atoms with E-state index in [1.54, 1.807) is 0 Å². The van der Waals surface area contributed by atoms with Gasteiger partial charge in [-0.25, -0.2) is 19.3 Å². The van der Waals surface area contributed by atoms with E-state index >= 15 is 0 Å². The second kappa shape index (κ2) is 6.75. The molecule has 0 amide bonds. The van der Waals surface area contributed by atoms with Gasteiger partial charge in [0.05, 0.1) is 16.4 Å². The number of aryl methyl sites for hydroxylation is 3. The van der Waals surface area contributed by atoms with Crippen LogP contribution in [0.15, 0.2) is 6.33 Å². The minimum absolute atomic E-state index is 0.251. The number of anilines is 1. The van der Waals surface area contributed by atoms with E-state index < -0.39 is 0 Å². The van der Waals surface area contributed by atoms with Crippen LogP contribution in [0.4, 0.5) is 10.2 Å². The summed E-state index contributed by atoms with van der Waals surface area (Å²) in [6, 6.07) is 0. The number of hydrogen-bond donors (Lipinski definition) is 0. The van der Waals surface area contributed by atoms with Crippen LogP contribution in [-0.4, -0.2) is 28.0 Å². The Bertz CT molecular complexity index is 706. The molecule has 1 fully saturated rings. The minimum atomic E-state index is -0.251. The molecule has 0 saturated carbocycles. The first kappa shape index (κ1) is 15.9. The Morgan fingerprint density at radius 3 is 2.96 bits per heavy atom. The highest BCUT2D eigenvalue weighted by molar-refractivity contribution is 7.11. The molecule has 0 bridgehead atoms. The summed E-state index contributed by atoms with van der Waals surface area (Å²) in [4.78, 5) is 16.8. The monoisotopic (exact) mass is 346 g/mol. The Hall–Kier alpha value is -1.56. The summed E-state index contributed by atoms with van der Waals surface area (Å²) >= 11 is 1.89. The Morgan fingerprint density at radius 2 is 2.12 bits per heavy atom. The van der Waals surface area contributed by atoms with Gasteiger partial charge in [0.25, 0.3) is 0 Å². The second-order valence-corrected chi connectivity index (χ2v) is 7.84. The van der Waals surface area contributed by atoms with Crippen LogP contribution in [0.5, 0.6) is 0 Å². The van der Waals surface area contributed by atoms with Gasteiger partial charge in [-0.2, -0.15) is 0 Å². The average Bonchev–Trinajstić information content (AvgIpc) is 3.06. The fourth-order valence-corrected chi connectivity index (χ4v) is 5.06. The van der Waals surface area contributed by atoms with Crippen LogP contribution in [0.3, 0.4) is 0 Å². The van der Waals surface area contributed by atoms with E-state index in [9.17, 15) is 4.39 Å². The van der Waals surface area contributed by atoms with E-state index in [2.05, 4.69) is 14.9 Å². The number of nitrogens with zero attached hydrogens (tertiary/aromatic N) is 4. The predicted octanol–water partition coefficient (Wildman–Crippen LogP) is 3.90. The number of aromatic nitrogens is 3. The van der Waals surface area contributed by atoms with Gasteiger partial charge in [-0.05, 0) is 44.9 Å². The second-order valence-electron chi connectivity index (χ2n) is 6.73. The van der Waals surface area contributed by atoms with Crippen LogP contribution in [0.25, 0.3) is 0 Å². The first-order valence-electron chi connectivity index (χ1n) is 8.99. The molecule has 1 aliphatic heterocycles. The van der Waals surface area contributed by atoms with Crippen molar-refractivity contribution in [1.82, 2.24) is 15.0 Å². The van der Waals surface area contributed by atoms with E-state index in [0.29, 0.717) is 23.9 Å². The molecule has 2 aromatic heterocycles. The van der Waals surface area contributed by atoms with Gasteiger partial charge in [0.2, 0.25) is 0 Å². The zero-order chi connectivity index (χ0) is 16.5. The molecular weight excluding hydrogens is 323 g/mol. The van der Waals surface area contributed by atoms with Crippen molar-refractivity contribution in [2.24, 2.45) is 0 Å². The molecule has 1 atom stereocenters. The number of hydrogen-bond acceptors (Lipinski definition) is 5. The number of thiazole rings is 1. The zero-order valence-electron chi connectivity index (χ0n) is 14.1. The summed E-state index contributed by atoms with van der Waals surface area (Å²) in [5, 5.41) is 1.25. The van der Waals surface area contributed by atoms with Gasteiger partial charge in [0.1, 0.15) is 6.33 Å². The standard InChI is InChI=1S/C18H23FN4S/c1-2-13-16(19)17(21-11-20-13)23-9-5-6-12(10-23)18-22-14-7-3-4-8-15(14)24-18/h11-12H,2-10H2,1H3. The van der Waals surface area contributed by atoms with Gasteiger partial charge in [0, 0.05) is 23.9 Å². The van der Waals surface area contributed by atoms with E-state index in [1.807, 2.05) is 18.3 Å². The number of rotatable bonds is 3. The van der Waals surface area contributed by atoms with Crippen LogP contribution < -0.4 is 4.90 Å². The van der Waals surface area contributed by atoms with E-state index in [0.717, 1.165) is 32.4 Å². The Morgan fingerprint density at radius 1 is 1.25 bits per heavy atom. The van der Waals surface area contributed by atoms with Crippen LogP contribution in [0.2, 0.25) is 0 Å². The van der Waals surface area contributed by atoms with Crippen LogP contribution in [0, 0.1) is 5.82 Å².